The Morgan fingerprint density at radius 3 is 2.52 bits per heavy atom. The van der Waals surface area contributed by atoms with Crippen LogP contribution in [0.15, 0.2) is 36.4 Å². The lowest BCUT2D eigenvalue weighted by atomic mass is 9.89. The Labute approximate surface area is 170 Å². The molecule has 0 unspecified atom stereocenters. The van der Waals surface area contributed by atoms with Gasteiger partial charge < -0.3 is 5.11 Å². The Bertz CT molecular complexity index is 910. The summed E-state index contributed by atoms with van der Waals surface area (Å²) in [4.78, 5) is 12.6. The number of benzene rings is 2. The second-order valence-corrected chi connectivity index (χ2v) is 7.87. The molecule has 1 aliphatic heterocycles. The maximum Gasteiger partial charge on any atom is 0.396 e. The fourth-order valence-electron chi connectivity index (χ4n) is 3.52. The number of hydrogen-bond donors (Lipinski definition) is 1. The van der Waals surface area contributed by atoms with E-state index in [0.717, 1.165) is 0 Å². The number of halogens is 5. The van der Waals surface area contributed by atoms with E-state index in [9.17, 15) is 22.4 Å². The van der Waals surface area contributed by atoms with Crippen molar-refractivity contribution in [2.75, 3.05) is 13.1 Å². The molecular weight excluding hydrogens is 410 g/mol. The zero-order chi connectivity index (χ0) is 21.3. The highest BCUT2D eigenvalue weighted by Gasteiger charge is 2.41. The lowest BCUT2D eigenvalue weighted by Crippen LogP contribution is -2.49. The van der Waals surface area contributed by atoms with Gasteiger partial charge in [0.05, 0.1) is 11.8 Å². The normalized spacial score (nSPS) is 16.5. The summed E-state index contributed by atoms with van der Waals surface area (Å²) < 4.78 is 55.3. The van der Waals surface area contributed by atoms with Crippen LogP contribution in [0.25, 0.3) is 0 Å². The minimum absolute atomic E-state index is 0.109. The fourth-order valence-corrected chi connectivity index (χ4v) is 3.63. The monoisotopic (exact) mass is 429 g/mol. The quantitative estimate of drug-likeness (QED) is 0.642. The highest BCUT2D eigenvalue weighted by Crippen LogP contribution is 2.38. The van der Waals surface area contributed by atoms with E-state index in [4.69, 9.17) is 16.7 Å². The average Bonchev–Trinajstić information content (AvgIpc) is 2.59. The van der Waals surface area contributed by atoms with Gasteiger partial charge in [-0.3, -0.25) is 9.69 Å². The van der Waals surface area contributed by atoms with Crippen molar-refractivity contribution in [2.45, 2.75) is 32.0 Å². The van der Waals surface area contributed by atoms with Crippen molar-refractivity contribution >= 4 is 17.6 Å². The van der Waals surface area contributed by atoms with Crippen LogP contribution >= 0.6 is 11.6 Å². The Morgan fingerprint density at radius 1 is 1.24 bits per heavy atom. The average molecular weight is 430 g/mol. The van der Waals surface area contributed by atoms with Gasteiger partial charge in [0, 0.05) is 30.2 Å². The number of aliphatic carboxylic acids is 1. The summed E-state index contributed by atoms with van der Waals surface area (Å²) in [5, 5.41) is 9.32. The minimum Gasteiger partial charge on any atom is -0.481 e. The molecule has 1 saturated heterocycles. The van der Waals surface area contributed by atoms with Crippen LogP contribution in [-0.4, -0.2) is 35.2 Å². The highest BCUT2D eigenvalue weighted by molar-refractivity contribution is 6.31. The molecule has 2 aromatic rings. The second-order valence-electron chi connectivity index (χ2n) is 7.46. The van der Waals surface area contributed by atoms with E-state index in [1.807, 2.05) is 0 Å². The van der Waals surface area contributed by atoms with Crippen LogP contribution < -0.4 is 0 Å². The van der Waals surface area contributed by atoms with Gasteiger partial charge in [-0.1, -0.05) is 35.9 Å². The van der Waals surface area contributed by atoms with Crippen LogP contribution in [0.3, 0.4) is 0 Å². The molecule has 1 heterocycles. The van der Waals surface area contributed by atoms with Gasteiger partial charge in [-0.25, -0.2) is 4.39 Å². The van der Waals surface area contributed by atoms with E-state index in [2.05, 4.69) is 0 Å². The first-order chi connectivity index (χ1) is 13.5. The number of aryl methyl sites for hydroxylation is 1. The van der Waals surface area contributed by atoms with Crippen molar-refractivity contribution in [3.05, 3.63) is 69.5 Å². The van der Waals surface area contributed by atoms with Gasteiger partial charge in [0.1, 0.15) is 5.82 Å². The predicted molar refractivity (Wildman–Crippen MR) is 101 cm³/mol. The van der Waals surface area contributed by atoms with Crippen molar-refractivity contribution in [1.29, 1.82) is 0 Å². The molecule has 1 N–H and O–H groups in total. The topological polar surface area (TPSA) is 40.5 Å². The van der Waals surface area contributed by atoms with E-state index in [0.29, 0.717) is 29.2 Å². The summed E-state index contributed by atoms with van der Waals surface area (Å²) in [6.07, 6.45) is -4.80. The van der Waals surface area contributed by atoms with Crippen LogP contribution in [0, 0.1) is 18.7 Å². The van der Waals surface area contributed by atoms with Gasteiger partial charge in [-0.2, -0.15) is 13.2 Å². The summed E-state index contributed by atoms with van der Waals surface area (Å²) >= 11 is 5.93. The van der Waals surface area contributed by atoms with E-state index in [-0.39, 0.29) is 24.1 Å². The number of carboxylic acid groups (broad SMARTS) is 1. The van der Waals surface area contributed by atoms with Crippen molar-refractivity contribution in [3.63, 3.8) is 0 Å². The largest absolute Gasteiger partial charge is 0.481 e. The van der Waals surface area contributed by atoms with Crippen molar-refractivity contribution in [1.82, 2.24) is 4.90 Å². The molecule has 0 saturated carbocycles. The SMILES string of the molecule is Cc1cc([C@H](Cc2ccc(F)c(CN3CC(C(=O)O)C3)c2)C(F)(F)F)ccc1Cl. The van der Waals surface area contributed by atoms with E-state index < -0.39 is 29.8 Å². The molecule has 1 aliphatic rings. The van der Waals surface area contributed by atoms with Gasteiger partial charge in [0.2, 0.25) is 0 Å². The van der Waals surface area contributed by atoms with Gasteiger partial charge in [0.25, 0.3) is 0 Å². The first kappa shape index (κ1) is 21.6. The maximum absolute atomic E-state index is 14.2. The third-order valence-corrected chi connectivity index (χ3v) is 5.65. The molecule has 0 bridgehead atoms. The van der Waals surface area contributed by atoms with E-state index in [1.165, 1.54) is 36.4 Å². The van der Waals surface area contributed by atoms with Crippen molar-refractivity contribution in [2.24, 2.45) is 5.92 Å². The Kier molecular flexibility index (Phi) is 6.19. The van der Waals surface area contributed by atoms with Gasteiger partial charge in [0.15, 0.2) is 0 Å². The number of hydrogen-bond acceptors (Lipinski definition) is 2. The van der Waals surface area contributed by atoms with Crippen LogP contribution in [-0.2, 0) is 17.8 Å². The molecule has 156 valence electrons. The lowest BCUT2D eigenvalue weighted by molar-refractivity contribution is -0.150. The van der Waals surface area contributed by atoms with E-state index in [1.54, 1.807) is 11.8 Å². The number of alkyl halides is 3. The van der Waals surface area contributed by atoms with Crippen LogP contribution in [0.2, 0.25) is 5.02 Å². The second kappa shape index (κ2) is 8.32. The number of carbonyl (C=O) groups is 1. The van der Waals surface area contributed by atoms with Crippen LogP contribution in [0.1, 0.15) is 28.2 Å². The molecule has 0 amide bonds. The molecule has 0 radical (unpaired) electrons. The molecule has 29 heavy (non-hydrogen) atoms. The lowest BCUT2D eigenvalue weighted by Gasteiger charge is -2.36. The Hall–Kier alpha value is -2.12. The summed E-state index contributed by atoms with van der Waals surface area (Å²) in [5.41, 5.74) is 1.30. The number of rotatable bonds is 6. The maximum atomic E-state index is 14.2. The molecular formula is C21H20ClF4NO2. The smallest absolute Gasteiger partial charge is 0.396 e. The number of nitrogens with zero attached hydrogens (tertiary/aromatic N) is 1. The zero-order valence-electron chi connectivity index (χ0n) is 15.6. The Morgan fingerprint density at radius 2 is 1.93 bits per heavy atom. The molecule has 3 nitrogen and oxygen atoms in total. The third-order valence-electron chi connectivity index (χ3n) is 5.23. The third kappa shape index (κ3) is 5.08. The molecule has 3 rings (SSSR count). The summed E-state index contributed by atoms with van der Waals surface area (Å²) in [6.45, 7) is 2.41. The molecule has 0 aromatic heterocycles. The minimum atomic E-state index is -4.47. The van der Waals surface area contributed by atoms with Crippen molar-refractivity contribution < 1.29 is 27.5 Å². The summed E-state index contributed by atoms with van der Waals surface area (Å²) in [6, 6.07) is 8.20. The molecule has 1 atom stereocenters. The number of likely N-dealkylation sites (tertiary alicyclic amines) is 1. The molecule has 0 spiro atoms. The fraction of sp³-hybridized carbons (Fsp3) is 0.381. The zero-order valence-corrected chi connectivity index (χ0v) is 16.4. The van der Waals surface area contributed by atoms with Gasteiger partial charge in [-0.15, -0.1) is 0 Å². The summed E-state index contributed by atoms with van der Waals surface area (Å²) in [5.74, 6) is -3.64. The molecule has 1 fully saturated rings. The first-order valence-electron chi connectivity index (χ1n) is 9.10. The van der Waals surface area contributed by atoms with Crippen molar-refractivity contribution in [3.8, 4) is 0 Å². The van der Waals surface area contributed by atoms with E-state index >= 15 is 0 Å². The molecule has 8 heteroatoms. The number of carboxylic acids is 1. The predicted octanol–water partition coefficient (Wildman–Crippen LogP) is 5.19. The standard InChI is InChI=1S/C21H20ClF4NO2/c1-12-6-14(3-4-18(12)22)17(21(24,25)26)8-13-2-5-19(23)15(7-13)9-27-10-16(11-27)20(28)29/h2-7,16-17H,8-11H2,1H3,(H,28,29)/t17-/m0/s1. The van der Waals surface area contributed by atoms with Gasteiger partial charge in [-0.05, 0) is 42.2 Å². The Balaban J connectivity index is 1.79. The van der Waals surface area contributed by atoms with Gasteiger partial charge >= 0.3 is 12.1 Å². The highest BCUT2D eigenvalue weighted by atomic mass is 35.5. The summed E-state index contributed by atoms with van der Waals surface area (Å²) in [7, 11) is 0. The first-order valence-corrected chi connectivity index (χ1v) is 9.47. The van der Waals surface area contributed by atoms with Crippen LogP contribution in [0.5, 0.6) is 0 Å². The molecule has 0 aliphatic carbocycles. The molecule has 2 aromatic carbocycles. The van der Waals surface area contributed by atoms with Crippen LogP contribution in [0.4, 0.5) is 17.6 Å².